The van der Waals surface area contributed by atoms with Gasteiger partial charge in [-0.25, -0.2) is 0 Å². The number of aryl methyl sites for hydroxylation is 3. The Balaban J connectivity index is 1.20. The number of nitrogens with one attached hydrogen (secondary N) is 1. The van der Waals surface area contributed by atoms with Crippen molar-refractivity contribution >= 4 is 57.4 Å². The zero-order valence-corrected chi connectivity index (χ0v) is 38.9. The second-order valence-corrected chi connectivity index (χ2v) is 20.1. The molecule has 0 fully saturated rings. The summed E-state index contributed by atoms with van der Waals surface area (Å²) < 4.78 is 0. The Bertz CT molecular complexity index is 3330. The van der Waals surface area contributed by atoms with Gasteiger partial charge in [0.05, 0.1) is 0 Å². The van der Waals surface area contributed by atoms with Crippen LogP contribution in [-0.2, 0) is 10.8 Å². The van der Waals surface area contributed by atoms with Gasteiger partial charge in [-0.2, -0.15) is 0 Å². The molecule has 1 N–H and O–H groups in total. The molecular weight excluding hydrogens is 784 g/mol. The molecule has 0 spiro atoms. The lowest BCUT2D eigenvalue weighted by Crippen LogP contribution is -2.41. The molecule has 0 saturated carbocycles. The SMILES string of the molecule is Cc1cc(-c2ccccc2)ccc1N1c2cc3c(cc2Bc2c(-c4cc5ccccc5cc4Nc4ccc(C(C)(C)C)cc4)cc(-c4c(C)cccc4C)cc21)-c1ccccc1C3(C)C. The molecule has 0 bridgehead atoms. The second-order valence-electron chi connectivity index (χ2n) is 20.1. The summed E-state index contributed by atoms with van der Waals surface area (Å²) in [6.07, 6.45) is 0. The molecule has 3 heteroatoms. The fourth-order valence-electron chi connectivity index (χ4n) is 10.9. The summed E-state index contributed by atoms with van der Waals surface area (Å²) >= 11 is 0. The van der Waals surface area contributed by atoms with E-state index in [0.717, 1.165) is 18.7 Å². The van der Waals surface area contributed by atoms with Crippen molar-refractivity contribution < 1.29 is 0 Å². The standard InChI is InChI=1S/C62H55BN2/c1-38-17-16-18-39(2)59(38)45-33-51(50-32-42-21-12-13-22-43(42)34-55(50)64-47-28-26-46(27-29-47)61(4,5)6)60-58(35-45)65(56-30-25-44(31-40(56)3)41-19-10-9-11-20-41)57-37-53-49(36-54(57)63-60)48-23-14-15-24-52(48)62(53,7)8/h9-37,63-64H,1-8H3. The van der Waals surface area contributed by atoms with Crippen molar-refractivity contribution in [1.82, 2.24) is 0 Å². The third-order valence-electron chi connectivity index (χ3n) is 14.4. The van der Waals surface area contributed by atoms with Gasteiger partial charge in [-0.1, -0.05) is 161 Å². The molecule has 1 heterocycles. The minimum Gasteiger partial charge on any atom is -0.355 e. The van der Waals surface area contributed by atoms with Crippen LogP contribution in [0.25, 0.3) is 55.3 Å². The Hall–Kier alpha value is -7.10. The molecule has 0 unspecified atom stereocenters. The van der Waals surface area contributed by atoms with Crippen LogP contribution in [0, 0.1) is 20.8 Å². The number of rotatable bonds is 6. The van der Waals surface area contributed by atoms with Gasteiger partial charge >= 0.3 is 0 Å². The van der Waals surface area contributed by atoms with Crippen LogP contribution in [0.3, 0.4) is 0 Å². The average molecular weight is 839 g/mol. The van der Waals surface area contributed by atoms with Crippen molar-refractivity contribution in [3.63, 3.8) is 0 Å². The molecule has 1 aliphatic heterocycles. The van der Waals surface area contributed by atoms with E-state index in [0.29, 0.717) is 0 Å². The molecule has 0 amide bonds. The third kappa shape index (κ3) is 6.88. The summed E-state index contributed by atoms with van der Waals surface area (Å²) in [4.78, 5) is 2.61. The Kier molecular flexibility index (Phi) is 9.56. The van der Waals surface area contributed by atoms with E-state index < -0.39 is 0 Å². The Morgan fingerprint density at radius 2 is 1.17 bits per heavy atom. The van der Waals surface area contributed by atoms with Crippen LogP contribution in [0.15, 0.2) is 176 Å². The minimum atomic E-state index is -0.138. The molecule has 0 aromatic heterocycles. The van der Waals surface area contributed by atoms with Crippen LogP contribution in [0.2, 0.25) is 0 Å². The van der Waals surface area contributed by atoms with Gasteiger partial charge in [0.25, 0.3) is 0 Å². The number of benzene rings is 9. The first-order chi connectivity index (χ1) is 31.3. The van der Waals surface area contributed by atoms with Crippen LogP contribution in [0.4, 0.5) is 28.4 Å². The predicted octanol–water partition coefficient (Wildman–Crippen LogP) is 15.3. The summed E-state index contributed by atoms with van der Waals surface area (Å²) in [5.74, 6) is 0. The third-order valence-corrected chi connectivity index (χ3v) is 14.4. The zero-order chi connectivity index (χ0) is 44.8. The first-order valence-corrected chi connectivity index (χ1v) is 23.2. The number of hydrogen-bond donors (Lipinski definition) is 1. The van der Waals surface area contributed by atoms with E-state index in [-0.39, 0.29) is 10.8 Å². The van der Waals surface area contributed by atoms with Gasteiger partial charge in [-0.15, -0.1) is 0 Å². The molecule has 1 aliphatic carbocycles. The van der Waals surface area contributed by atoms with E-state index >= 15 is 0 Å². The highest BCUT2D eigenvalue weighted by atomic mass is 15.2. The van der Waals surface area contributed by atoms with Crippen molar-refractivity contribution in [3.8, 4) is 44.5 Å². The number of fused-ring (bicyclic) bond motifs is 6. The number of nitrogens with zero attached hydrogens (tertiary/aromatic N) is 1. The van der Waals surface area contributed by atoms with Gasteiger partial charge in [0.1, 0.15) is 0 Å². The molecule has 316 valence electrons. The molecule has 0 atom stereocenters. The van der Waals surface area contributed by atoms with E-state index in [1.165, 1.54) is 117 Å². The summed E-state index contributed by atoms with van der Waals surface area (Å²) in [5.41, 5.74) is 26.4. The molecule has 9 aromatic rings. The minimum absolute atomic E-state index is 0.0696. The van der Waals surface area contributed by atoms with E-state index in [1.54, 1.807) is 0 Å². The molecule has 0 saturated heterocycles. The first-order valence-electron chi connectivity index (χ1n) is 23.2. The molecule has 0 radical (unpaired) electrons. The summed E-state index contributed by atoms with van der Waals surface area (Å²) in [6, 6.07) is 66.2. The first kappa shape index (κ1) is 40.7. The largest absolute Gasteiger partial charge is 0.355 e. The number of hydrogen-bond acceptors (Lipinski definition) is 2. The predicted molar refractivity (Wildman–Crippen MR) is 282 cm³/mol. The molecule has 11 rings (SSSR count). The molecular formula is C62H55BN2. The normalized spacial score (nSPS) is 13.4. The van der Waals surface area contributed by atoms with Crippen molar-refractivity contribution in [2.45, 2.75) is 66.2 Å². The van der Waals surface area contributed by atoms with Crippen LogP contribution < -0.4 is 21.1 Å². The van der Waals surface area contributed by atoms with Crippen molar-refractivity contribution in [2.75, 3.05) is 10.2 Å². The quantitative estimate of drug-likeness (QED) is 0.168. The van der Waals surface area contributed by atoms with Crippen molar-refractivity contribution in [3.05, 3.63) is 209 Å². The van der Waals surface area contributed by atoms with Crippen LogP contribution in [0.1, 0.15) is 68.0 Å². The fourth-order valence-corrected chi connectivity index (χ4v) is 10.9. The maximum absolute atomic E-state index is 3.96. The zero-order valence-electron chi connectivity index (χ0n) is 38.9. The van der Waals surface area contributed by atoms with Crippen LogP contribution in [-0.4, -0.2) is 7.28 Å². The van der Waals surface area contributed by atoms with Gasteiger partial charge in [0, 0.05) is 39.4 Å². The molecule has 2 aliphatic rings. The van der Waals surface area contributed by atoms with Crippen molar-refractivity contribution in [2.24, 2.45) is 0 Å². The Morgan fingerprint density at radius 3 is 1.89 bits per heavy atom. The lowest BCUT2D eigenvalue weighted by molar-refractivity contribution is 0.590. The fraction of sp³-hybridized carbons (Fsp3) is 0.161. The highest BCUT2D eigenvalue weighted by molar-refractivity contribution is 6.73. The molecule has 65 heavy (non-hydrogen) atoms. The molecule has 2 nitrogen and oxygen atoms in total. The van der Waals surface area contributed by atoms with E-state index in [1.807, 2.05) is 0 Å². The topological polar surface area (TPSA) is 15.3 Å². The maximum atomic E-state index is 3.96. The monoisotopic (exact) mass is 838 g/mol. The summed E-state index contributed by atoms with van der Waals surface area (Å²) in [5, 5.41) is 6.40. The van der Waals surface area contributed by atoms with Gasteiger partial charge in [-0.05, 0) is 169 Å². The summed E-state index contributed by atoms with van der Waals surface area (Å²) in [6.45, 7) is 18.4. The highest BCUT2D eigenvalue weighted by Crippen LogP contribution is 2.52. The number of anilines is 5. The van der Waals surface area contributed by atoms with E-state index in [2.05, 4.69) is 242 Å². The van der Waals surface area contributed by atoms with E-state index in [4.69, 9.17) is 0 Å². The smallest absolute Gasteiger partial charge is 0.198 e. The Morgan fingerprint density at radius 1 is 0.477 bits per heavy atom. The van der Waals surface area contributed by atoms with Crippen molar-refractivity contribution in [1.29, 1.82) is 0 Å². The van der Waals surface area contributed by atoms with E-state index in [9.17, 15) is 0 Å². The van der Waals surface area contributed by atoms with Gasteiger partial charge < -0.3 is 10.2 Å². The van der Waals surface area contributed by atoms with Gasteiger partial charge in [0.15, 0.2) is 7.28 Å². The van der Waals surface area contributed by atoms with Crippen LogP contribution >= 0.6 is 0 Å². The maximum Gasteiger partial charge on any atom is 0.198 e. The lowest BCUT2D eigenvalue weighted by atomic mass is 9.57. The Labute approximate surface area is 385 Å². The summed E-state index contributed by atoms with van der Waals surface area (Å²) in [7, 11) is 0.799. The molecule has 9 aromatic carbocycles. The van der Waals surface area contributed by atoms with Gasteiger partial charge in [-0.3, -0.25) is 0 Å². The van der Waals surface area contributed by atoms with Gasteiger partial charge in [0.2, 0.25) is 0 Å². The second kappa shape index (κ2) is 15.3. The lowest BCUT2D eigenvalue weighted by Gasteiger charge is -2.37. The highest BCUT2D eigenvalue weighted by Gasteiger charge is 2.39. The van der Waals surface area contributed by atoms with Crippen LogP contribution in [0.5, 0.6) is 0 Å². The average Bonchev–Trinajstić information content (AvgIpc) is 3.52.